The molecule has 0 spiro atoms. The zero-order chi connectivity index (χ0) is 15.5. The van der Waals surface area contributed by atoms with Crippen LogP contribution in [-0.2, 0) is 14.4 Å². The van der Waals surface area contributed by atoms with E-state index in [9.17, 15) is 14.4 Å². The second-order valence-electron chi connectivity index (χ2n) is 4.22. The Morgan fingerprint density at radius 3 is 1.90 bits per heavy atom. The number of amides is 2. The summed E-state index contributed by atoms with van der Waals surface area (Å²) in [6.07, 6.45) is 4.61. The Bertz CT molecular complexity index is 339. The van der Waals surface area contributed by atoms with Crippen molar-refractivity contribution in [1.82, 2.24) is 10.6 Å². The number of hydrogen-bond acceptors (Lipinski definition) is 5. The molecule has 2 amide bonds. The van der Waals surface area contributed by atoms with E-state index in [1.807, 2.05) is 12.5 Å². The maximum absolute atomic E-state index is 12.1. The van der Waals surface area contributed by atoms with Gasteiger partial charge in [0.1, 0.15) is 12.1 Å². The monoisotopic (exact) mass is 322 g/mol. The highest BCUT2D eigenvalue weighted by Gasteiger charge is 2.25. The molecule has 0 unspecified atom stereocenters. The Labute approximate surface area is 127 Å². The van der Waals surface area contributed by atoms with Crippen LogP contribution in [0.2, 0.25) is 0 Å². The summed E-state index contributed by atoms with van der Waals surface area (Å²) < 4.78 is 0. The lowest BCUT2D eigenvalue weighted by molar-refractivity contribution is -0.142. The molecule has 0 radical (unpaired) electrons. The molecule has 116 valence electrons. The largest absolute Gasteiger partial charge is 0.480 e. The molecule has 0 aromatic heterocycles. The number of carbonyl (C=O) groups is 3. The van der Waals surface area contributed by atoms with Gasteiger partial charge < -0.3 is 15.7 Å². The van der Waals surface area contributed by atoms with Crippen LogP contribution in [0.5, 0.6) is 0 Å². The summed E-state index contributed by atoms with van der Waals surface area (Å²) in [5, 5.41) is 14.1. The van der Waals surface area contributed by atoms with Crippen LogP contribution >= 0.6 is 23.5 Å². The first-order valence-corrected chi connectivity index (χ1v) is 8.99. The van der Waals surface area contributed by atoms with Crippen molar-refractivity contribution in [2.75, 3.05) is 24.0 Å². The first-order chi connectivity index (χ1) is 9.42. The molecule has 0 heterocycles. The maximum atomic E-state index is 12.1. The molecule has 0 bridgehead atoms. The van der Waals surface area contributed by atoms with E-state index in [0.29, 0.717) is 24.3 Å². The standard InChI is InChI=1S/C12H22N2O4S2/c1-8(15)13-9(4-6-19-2)11(16)14-10(12(17)18)5-7-20-3/h9-10H,4-7H2,1-3H3,(H,13,15)(H,14,16)(H,17,18)/t9-,10+/m1/s1. The topological polar surface area (TPSA) is 95.5 Å². The lowest BCUT2D eigenvalue weighted by Crippen LogP contribution is -2.51. The Morgan fingerprint density at radius 2 is 1.50 bits per heavy atom. The normalized spacial score (nSPS) is 13.3. The van der Waals surface area contributed by atoms with Gasteiger partial charge in [-0.25, -0.2) is 4.79 Å². The summed E-state index contributed by atoms with van der Waals surface area (Å²) in [5.41, 5.74) is 0. The fourth-order valence-electron chi connectivity index (χ4n) is 1.52. The molecule has 0 aliphatic carbocycles. The number of hydrogen-bond donors (Lipinski definition) is 3. The van der Waals surface area contributed by atoms with E-state index in [2.05, 4.69) is 10.6 Å². The quantitative estimate of drug-likeness (QED) is 0.544. The Morgan fingerprint density at radius 1 is 1.00 bits per heavy atom. The van der Waals surface area contributed by atoms with E-state index in [1.165, 1.54) is 18.7 Å². The number of carbonyl (C=O) groups excluding carboxylic acids is 2. The fourth-order valence-corrected chi connectivity index (χ4v) is 2.46. The predicted octanol–water partition coefficient (Wildman–Crippen LogP) is 0.567. The van der Waals surface area contributed by atoms with E-state index in [4.69, 9.17) is 5.11 Å². The summed E-state index contributed by atoms with van der Waals surface area (Å²) in [6.45, 7) is 1.34. The molecule has 0 fully saturated rings. The van der Waals surface area contributed by atoms with E-state index >= 15 is 0 Å². The van der Waals surface area contributed by atoms with Crippen LogP contribution in [0.1, 0.15) is 19.8 Å². The number of carboxylic acids is 1. The second-order valence-corrected chi connectivity index (χ2v) is 6.19. The molecular formula is C12H22N2O4S2. The van der Waals surface area contributed by atoms with Gasteiger partial charge in [0.25, 0.3) is 0 Å². The lowest BCUT2D eigenvalue weighted by Gasteiger charge is -2.20. The number of nitrogens with one attached hydrogen (secondary N) is 2. The van der Waals surface area contributed by atoms with Crippen LogP contribution in [0.4, 0.5) is 0 Å². The second kappa shape index (κ2) is 10.8. The zero-order valence-corrected chi connectivity index (χ0v) is 13.6. The molecule has 6 nitrogen and oxygen atoms in total. The Kier molecular flexibility index (Phi) is 10.4. The smallest absolute Gasteiger partial charge is 0.326 e. The molecule has 3 N–H and O–H groups in total. The van der Waals surface area contributed by atoms with Gasteiger partial charge in [0, 0.05) is 6.92 Å². The van der Waals surface area contributed by atoms with Crippen molar-refractivity contribution in [1.29, 1.82) is 0 Å². The third kappa shape index (κ3) is 8.31. The van der Waals surface area contributed by atoms with Crippen LogP contribution in [-0.4, -0.2) is 59.0 Å². The first-order valence-electron chi connectivity index (χ1n) is 6.20. The minimum atomic E-state index is -1.06. The third-order valence-corrected chi connectivity index (χ3v) is 3.82. The van der Waals surface area contributed by atoms with Gasteiger partial charge in [0.15, 0.2) is 0 Å². The molecule has 0 aromatic rings. The van der Waals surface area contributed by atoms with E-state index in [0.717, 1.165) is 0 Å². The fraction of sp³-hybridized carbons (Fsp3) is 0.750. The first kappa shape index (κ1) is 19.1. The molecule has 20 heavy (non-hydrogen) atoms. The van der Waals surface area contributed by atoms with Crippen LogP contribution in [0.15, 0.2) is 0 Å². The minimum absolute atomic E-state index is 0.303. The minimum Gasteiger partial charge on any atom is -0.480 e. The Hall–Kier alpha value is -0.890. The molecule has 0 saturated heterocycles. The highest BCUT2D eigenvalue weighted by atomic mass is 32.2. The van der Waals surface area contributed by atoms with E-state index in [-0.39, 0.29) is 5.91 Å². The molecular weight excluding hydrogens is 300 g/mol. The van der Waals surface area contributed by atoms with Crippen molar-refractivity contribution in [3.63, 3.8) is 0 Å². The van der Waals surface area contributed by atoms with Gasteiger partial charge in [-0.3, -0.25) is 9.59 Å². The van der Waals surface area contributed by atoms with Gasteiger partial charge in [-0.1, -0.05) is 0 Å². The van der Waals surface area contributed by atoms with Gasteiger partial charge in [-0.2, -0.15) is 23.5 Å². The molecule has 0 aromatic carbocycles. The van der Waals surface area contributed by atoms with Gasteiger partial charge in [-0.05, 0) is 36.9 Å². The number of rotatable bonds is 10. The predicted molar refractivity (Wildman–Crippen MR) is 83.2 cm³/mol. The SMILES string of the molecule is CSCC[C@H](NC(=O)[C@@H](CCSC)NC(C)=O)C(=O)O. The highest BCUT2D eigenvalue weighted by Crippen LogP contribution is 2.04. The van der Waals surface area contributed by atoms with Gasteiger partial charge in [0.05, 0.1) is 0 Å². The maximum Gasteiger partial charge on any atom is 0.326 e. The average molecular weight is 322 g/mol. The van der Waals surface area contributed by atoms with Crippen LogP contribution < -0.4 is 10.6 Å². The highest BCUT2D eigenvalue weighted by molar-refractivity contribution is 7.98. The Balaban J connectivity index is 4.59. The van der Waals surface area contributed by atoms with Crippen molar-refractivity contribution in [2.45, 2.75) is 31.8 Å². The van der Waals surface area contributed by atoms with Crippen molar-refractivity contribution in [3.05, 3.63) is 0 Å². The molecule has 0 rings (SSSR count). The molecule has 2 atom stereocenters. The van der Waals surface area contributed by atoms with E-state index < -0.39 is 24.0 Å². The van der Waals surface area contributed by atoms with E-state index in [1.54, 1.807) is 11.8 Å². The van der Waals surface area contributed by atoms with Crippen molar-refractivity contribution in [2.24, 2.45) is 0 Å². The summed E-state index contributed by atoms with van der Waals surface area (Å²) in [6, 6.07) is -1.60. The van der Waals surface area contributed by atoms with Crippen LogP contribution in [0.25, 0.3) is 0 Å². The lowest BCUT2D eigenvalue weighted by atomic mass is 10.1. The number of aliphatic carboxylic acids is 1. The summed E-state index contributed by atoms with van der Waals surface area (Å²) in [5.74, 6) is -0.447. The van der Waals surface area contributed by atoms with Crippen molar-refractivity contribution < 1.29 is 19.5 Å². The average Bonchev–Trinajstić information content (AvgIpc) is 2.38. The zero-order valence-electron chi connectivity index (χ0n) is 12.0. The summed E-state index contributed by atoms with van der Waals surface area (Å²) >= 11 is 3.08. The van der Waals surface area contributed by atoms with Crippen molar-refractivity contribution >= 4 is 41.3 Å². The van der Waals surface area contributed by atoms with Crippen LogP contribution in [0.3, 0.4) is 0 Å². The van der Waals surface area contributed by atoms with Gasteiger partial charge >= 0.3 is 5.97 Å². The van der Waals surface area contributed by atoms with Crippen molar-refractivity contribution in [3.8, 4) is 0 Å². The number of carboxylic acid groups (broad SMARTS) is 1. The molecule has 0 saturated carbocycles. The summed E-state index contributed by atoms with van der Waals surface area (Å²) in [7, 11) is 0. The number of thioether (sulfide) groups is 2. The molecule has 0 aliphatic rings. The van der Waals surface area contributed by atoms with Gasteiger partial charge in [0.2, 0.25) is 11.8 Å². The summed E-state index contributed by atoms with van der Waals surface area (Å²) in [4.78, 5) is 34.2. The molecule has 0 aliphatic heterocycles. The van der Waals surface area contributed by atoms with Crippen LogP contribution in [0, 0.1) is 0 Å². The molecule has 8 heteroatoms. The third-order valence-electron chi connectivity index (χ3n) is 2.53. The van der Waals surface area contributed by atoms with Gasteiger partial charge in [-0.15, -0.1) is 0 Å².